The van der Waals surface area contributed by atoms with Crippen molar-refractivity contribution in [1.29, 1.82) is 0 Å². The van der Waals surface area contributed by atoms with E-state index in [4.69, 9.17) is 0 Å². The summed E-state index contributed by atoms with van der Waals surface area (Å²) in [7, 11) is 1.71. The van der Waals surface area contributed by atoms with Gasteiger partial charge >= 0.3 is 28.6 Å². The predicted octanol–water partition coefficient (Wildman–Crippen LogP) is 5.68. The minimum absolute atomic E-state index is 0. The van der Waals surface area contributed by atoms with Gasteiger partial charge in [-0.25, -0.2) is 0 Å². The van der Waals surface area contributed by atoms with Gasteiger partial charge in [-0.05, 0) is 23.8 Å². The molecule has 0 aliphatic carbocycles. The Morgan fingerprint density at radius 1 is 0.650 bits per heavy atom. The Hall–Kier alpha value is -3.48. The van der Waals surface area contributed by atoms with Crippen LogP contribution >= 0.6 is 7.92 Å². The summed E-state index contributed by atoms with van der Waals surface area (Å²) in [5.74, 6) is -1.85. The third kappa shape index (κ3) is 9.32. The number of benzene rings is 4. The molecule has 40 heavy (non-hydrogen) atoms. The largest absolute Gasteiger partial charge is 1.00 e. The number of carbonyl (C=O) groups is 2. The van der Waals surface area contributed by atoms with Crippen LogP contribution < -0.4 is 15.9 Å². The van der Waals surface area contributed by atoms with Gasteiger partial charge in [0.25, 0.3) is 5.97 Å². The Morgan fingerprint density at radius 3 is 1.38 bits per heavy atom. The van der Waals surface area contributed by atoms with Crippen LogP contribution in [0.4, 0.5) is 13.2 Å². The first-order chi connectivity index (χ1) is 18.7. The van der Waals surface area contributed by atoms with E-state index < -0.39 is 31.6 Å². The summed E-state index contributed by atoms with van der Waals surface area (Å²) in [6.45, 7) is 0. The molecular weight excluding hydrogens is 721 g/mol. The fourth-order valence-electron chi connectivity index (χ4n) is 3.50. The number of hydrogen-bond donors (Lipinski definition) is 0. The zero-order valence-electron chi connectivity index (χ0n) is 21.5. The van der Waals surface area contributed by atoms with Crippen LogP contribution in [0.3, 0.4) is 0 Å². The Bertz CT molecular complexity index is 1290. The molecule has 0 aliphatic rings. The van der Waals surface area contributed by atoms with Crippen molar-refractivity contribution in [2.24, 2.45) is 0 Å². The Balaban J connectivity index is 0.000000273. The van der Waals surface area contributed by atoms with Crippen LogP contribution in [0.5, 0.6) is 0 Å². The molecule has 4 nitrogen and oxygen atoms in total. The molecule has 0 fully saturated rings. The van der Waals surface area contributed by atoms with E-state index in [2.05, 4.69) is 107 Å². The number of hydrogen-bond acceptors (Lipinski definition) is 4. The average molecular weight is 746 g/mol. The molecule has 9 heteroatoms. The van der Waals surface area contributed by atoms with E-state index in [1.807, 2.05) is 0 Å². The molecule has 0 radical (unpaired) electrons. The number of carbonyl (C=O) groups excluding carboxylic acids is 2. The molecule has 0 atom stereocenters. The fourth-order valence-corrected chi connectivity index (χ4v) is 5.81. The summed E-state index contributed by atoms with van der Waals surface area (Å²) in [6, 6.07) is 36.0. The minimum Gasteiger partial charge on any atom is -0.523 e. The van der Waals surface area contributed by atoms with Crippen LogP contribution in [0.1, 0.15) is 11.1 Å². The Labute approximate surface area is 248 Å². The molecule has 0 N–H and O–H groups in total. The average Bonchev–Trinajstić information content (AvgIpc) is 2.97. The van der Waals surface area contributed by atoms with E-state index in [-0.39, 0.29) is 33.5 Å². The maximum Gasteiger partial charge on any atom is 1.00 e. The SMILES string of the molecule is COC(=O)[C-]=C(C(=O)OC)c1ccc(C(F)(F)F)cc1.[Au+].c1ccc(P(c2ccccc2)c2ccccc2)cc1. The zero-order chi connectivity index (χ0) is 28.3. The van der Waals surface area contributed by atoms with Crippen molar-refractivity contribution >= 4 is 41.3 Å². The van der Waals surface area contributed by atoms with Gasteiger partial charge in [0.15, 0.2) is 0 Å². The van der Waals surface area contributed by atoms with Crippen LogP contribution in [0.25, 0.3) is 5.57 Å². The molecule has 0 unspecified atom stereocenters. The van der Waals surface area contributed by atoms with Gasteiger partial charge in [-0.2, -0.15) is 13.2 Å². The van der Waals surface area contributed by atoms with Crippen molar-refractivity contribution in [3.05, 3.63) is 132 Å². The third-order valence-corrected chi connectivity index (χ3v) is 7.79. The molecule has 210 valence electrons. The molecule has 0 spiro atoms. The molecule has 0 saturated heterocycles. The van der Waals surface area contributed by atoms with E-state index in [0.29, 0.717) is 0 Å². The van der Waals surface area contributed by atoms with Crippen LogP contribution in [0.2, 0.25) is 0 Å². The van der Waals surface area contributed by atoms with Crippen LogP contribution in [0, 0.1) is 6.08 Å². The maximum atomic E-state index is 12.4. The van der Waals surface area contributed by atoms with Crippen LogP contribution in [-0.4, -0.2) is 26.2 Å². The van der Waals surface area contributed by atoms with Gasteiger partial charge in [0.05, 0.1) is 19.8 Å². The second-order valence-electron chi connectivity index (χ2n) is 7.90. The van der Waals surface area contributed by atoms with Gasteiger partial charge in [0.1, 0.15) is 0 Å². The summed E-state index contributed by atoms with van der Waals surface area (Å²) < 4.78 is 46.0. The van der Waals surface area contributed by atoms with Crippen molar-refractivity contribution < 1.29 is 54.6 Å². The van der Waals surface area contributed by atoms with Crippen molar-refractivity contribution in [3.8, 4) is 0 Å². The predicted molar refractivity (Wildman–Crippen MR) is 147 cm³/mol. The van der Waals surface area contributed by atoms with Crippen molar-refractivity contribution in [3.63, 3.8) is 0 Å². The topological polar surface area (TPSA) is 52.6 Å². The number of rotatable bonds is 6. The first kappa shape index (κ1) is 32.7. The summed E-state index contributed by atoms with van der Waals surface area (Å²) in [5, 5.41) is 4.19. The summed E-state index contributed by atoms with van der Waals surface area (Å²) in [6.07, 6.45) is -2.39. The van der Waals surface area contributed by atoms with Crippen LogP contribution in [-0.2, 0) is 47.6 Å². The van der Waals surface area contributed by atoms with E-state index in [0.717, 1.165) is 38.5 Å². The van der Waals surface area contributed by atoms with E-state index in [9.17, 15) is 22.8 Å². The van der Waals surface area contributed by atoms with Gasteiger partial charge in [-0.15, -0.1) is 17.7 Å². The maximum absolute atomic E-state index is 12.4. The normalized spacial score (nSPS) is 11.0. The molecule has 0 bridgehead atoms. The van der Waals surface area contributed by atoms with Gasteiger partial charge in [0.2, 0.25) is 5.97 Å². The van der Waals surface area contributed by atoms with Gasteiger partial charge < -0.3 is 14.3 Å². The molecule has 0 saturated carbocycles. The van der Waals surface area contributed by atoms with Gasteiger partial charge in [-0.3, -0.25) is 4.79 Å². The monoisotopic (exact) mass is 746 g/mol. The number of ether oxygens (including phenoxy) is 2. The smallest absolute Gasteiger partial charge is 0.523 e. The second kappa shape index (κ2) is 15.9. The first-order valence-corrected chi connectivity index (χ1v) is 13.0. The zero-order valence-corrected chi connectivity index (χ0v) is 24.5. The summed E-state index contributed by atoms with van der Waals surface area (Å²) >= 11 is 0. The minimum atomic E-state index is -4.49. The standard InChI is InChI=1S/C18H15P.C13H10F3O4.Au/c1-4-10-16(11-5-1)19(17-12-6-2-7-13-17)18-14-8-3-9-15-18;1-19-11(17)7-10(12(18)20-2)8-3-5-9(6-4-8)13(14,15)16;/h1-15H;3-6H,1-2H3;/q;-1;+1. The van der Waals surface area contributed by atoms with Crippen molar-refractivity contribution in [2.75, 3.05) is 14.2 Å². The van der Waals surface area contributed by atoms with E-state index in [1.165, 1.54) is 15.9 Å². The van der Waals surface area contributed by atoms with E-state index in [1.54, 1.807) is 0 Å². The number of methoxy groups -OCH3 is 2. The van der Waals surface area contributed by atoms with Crippen molar-refractivity contribution in [1.82, 2.24) is 0 Å². The molecule has 4 rings (SSSR count). The Morgan fingerprint density at radius 2 is 1.05 bits per heavy atom. The summed E-state index contributed by atoms with van der Waals surface area (Å²) in [5.41, 5.74) is -1.12. The fraction of sp³-hybridized carbons (Fsp3) is 0.0968. The number of esters is 2. The second-order valence-corrected chi connectivity index (χ2v) is 10.1. The number of alkyl halides is 3. The van der Waals surface area contributed by atoms with Gasteiger partial charge in [-0.1, -0.05) is 115 Å². The number of halogens is 3. The van der Waals surface area contributed by atoms with Crippen LogP contribution in [0.15, 0.2) is 115 Å². The Kier molecular flexibility index (Phi) is 13.0. The molecule has 0 aliphatic heterocycles. The third-order valence-electron chi connectivity index (χ3n) is 5.35. The molecule has 0 heterocycles. The van der Waals surface area contributed by atoms with E-state index >= 15 is 0 Å². The summed E-state index contributed by atoms with van der Waals surface area (Å²) in [4.78, 5) is 22.6. The van der Waals surface area contributed by atoms with Crippen molar-refractivity contribution in [2.45, 2.75) is 6.18 Å². The first-order valence-electron chi connectivity index (χ1n) is 11.7. The molecule has 0 aromatic heterocycles. The molecular formula is C31H25AuF3O4P. The quantitative estimate of drug-likeness (QED) is 0.0839. The molecule has 0 amide bonds. The molecule has 4 aromatic carbocycles. The van der Waals surface area contributed by atoms with Gasteiger partial charge in [0, 0.05) is 0 Å². The molecule has 4 aromatic rings.